The lowest BCUT2D eigenvalue weighted by atomic mass is 10.1. The Bertz CT molecular complexity index is 130. The third kappa shape index (κ3) is 11.9. The zero-order valence-corrected chi connectivity index (χ0v) is 10.6. The summed E-state index contributed by atoms with van der Waals surface area (Å²) in [5, 5.41) is 9.45. The minimum Gasteiger partial charge on any atom is -0.393 e. The van der Waals surface area contributed by atoms with Gasteiger partial charge < -0.3 is 19.3 Å². The van der Waals surface area contributed by atoms with E-state index in [0.717, 1.165) is 25.7 Å². The van der Waals surface area contributed by atoms with Crippen molar-refractivity contribution < 1.29 is 19.3 Å². The summed E-state index contributed by atoms with van der Waals surface area (Å²) < 4.78 is 15.4. The van der Waals surface area contributed by atoms with Gasteiger partial charge in [-0.15, -0.1) is 0 Å². The summed E-state index contributed by atoms with van der Waals surface area (Å²) in [6, 6.07) is 0. The van der Waals surface area contributed by atoms with E-state index in [0.29, 0.717) is 33.0 Å². The van der Waals surface area contributed by atoms with Gasteiger partial charge in [0.1, 0.15) is 0 Å². The van der Waals surface area contributed by atoms with E-state index in [9.17, 15) is 5.11 Å². The molecule has 0 aromatic rings. The molecule has 0 aliphatic rings. The Kier molecular flexibility index (Phi) is 12.8. The highest BCUT2D eigenvalue weighted by atomic mass is 16.5. The van der Waals surface area contributed by atoms with Gasteiger partial charge in [0.15, 0.2) is 0 Å². The first-order valence-corrected chi connectivity index (χ1v) is 6.13. The van der Waals surface area contributed by atoms with Crippen LogP contribution in [0.3, 0.4) is 0 Å². The van der Waals surface area contributed by atoms with Crippen LogP contribution >= 0.6 is 0 Å². The van der Waals surface area contributed by atoms with E-state index in [4.69, 9.17) is 14.2 Å². The second-order valence-corrected chi connectivity index (χ2v) is 3.80. The van der Waals surface area contributed by atoms with E-state index in [2.05, 4.69) is 6.92 Å². The predicted molar refractivity (Wildman–Crippen MR) is 63.7 cm³/mol. The van der Waals surface area contributed by atoms with Crippen LogP contribution in [0.15, 0.2) is 0 Å². The molecular weight excluding hydrogens is 208 g/mol. The molecule has 0 saturated heterocycles. The third-order valence-corrected chi connectivity index (χ3v) is 2.25. The molecule has 0 amide bonds. The lowest BCUT2D eigenvalue weighted by molar-refractivity contribution is 0.0216. The average molecular weight is 234 g/mol. The zero-order valence-electron chi connectivity index (χ0n) is 10.6. The fourth-order valence-electron chi connectivity index (χ4n) is 1.36. The summed E-state index contributed by atoms with van der Waals surface area (Å²) in [6.45, 7) is 5.26. The molecular formula is C12H26O4. The monoisotopic (exact) mass is 234 g/mol. The normalized spacial score (nSPS) is 12.9. The first-order valence-electron chi connectivity index (χ1n) is 6.13. The topological polar surface area (TPSA) is 47.9 Å². The van der Waals surface area contributed by atoms with Crippen molar-refractivity contribution in [3.05, 3.63) is 0 Å². The molecule has 0 aliphatic carbocycles. The largest absolute Gasteiger partial charge is 0.393 e. The Labute approximate surface area is 98.9 Å². The molecule has 16 heavy (non-hydrogen) atoms. The van der Waals surface area contributed by atoms with Crippen molar-refractivity contribution in [2.24, 2.45) is 0 Å². The van der Waals surface area contributed by atoms with Crippen molar-refractivity contribution in [2.75, 3.05) is 40.1 Å². The molecule has 1 N–H and O–H groups in total. The van der Waals surface area contributed by atoms with Crippen molar-refractivity contribution in [2.45, 2.75) is 38.7 Å². The number of hydrogen-bond acceptors (Lipinski definition) is 4. The highest BCUT2D eigenvalue weighted by molar-refractivity contribution is 4.53. The maximum absolute atomic E-state index is 9.45. The molecule has 0 aromatic heterocycles. The number of aliphatic hydroxyl groups is 1. The molecule has 0 aliphatic heterocycles. The van der Waals surface area contributed by atoms with Crippen LogP contribution < -0.4 is 0 Å². The Morgan fingerprint density at radius 3 is 2.19 bits per heavy atom. The Balaban J connectivity index is 2.98. The van der Waals surface area contributed by atoms with E-state index in [1.54, 1.807) is 7.11 Å². The van der Waals surface area contributed by atoms with Crippen LogP contribution in [0.25, 0.3) is 0 Å². The van der Waals surface area contributed by atoms with E-state index < -0.39 is 0 Å². The van der Waals surface area contributed by atoms with Gasteiger partial charge in [0, 0.05) is 13.7 Å². The first kappa shape index (κ1) is 15.8. The predicted octanol–water partition coefficient (Wildman–Crippen LogP) is 1.61. The van der Waals surface area contributed by atoms with Crippen LogP contribution in [-0.2, 0) is 14.2 Å². The van der Waals surface area contributed by atoms with Crippen LogP contribution in [0.2, 0.25) is 0 Å². The molecule has 0 rings (SSSR count). The van der Waals surface area contributed by atoms with Gasteiger partial charge in [-0.1, -0.05) is 13.3 Å². The molecule has 4 heteroatoms. The van der Waals surface area contributed by atoms with Gasteiger partial charge >= 0.3 is 0 Å². The number of rotatable bonds is 12. The zero-order chi connectivity index (χ0) is 12.1. The summed E-state index contributed by atoms with van der Waals surface area (Å²) in [4.78, 5) is 0. The summed E-state index contributed by atoms with van der Waals surface area (Å²) in [5.41, 5.74) is 0. The smallest absolute Gasteiger partial charge is 0.0701 e. The van der Waals surface area contributed by atoms with Gasteiger partial charge in [-0.3, -0.25) is 0 Å². The highest BCUT2D eigenvalue weighted by Crippen LogP contribution is 2.03. The quantitative estimate of drug-likeness (QED) is 0.521. The lowest BCUT2D eigenvalue weighted by Gasteiger charge is -2.09. The molecule has 0 fully saturated rings. The molecule has 98 valence electrons. The maximum atomic E-state index is 9.45. The lowest BCUT2D eigenvalue weighted by Crippen LogP contribution is -2.10. The van der Waals surface area contributed by atoms with Crippen LogP contribution in [0, 0.1) is 0 Å². The second kappa shape index (κ2) is 12.9. The SMILES string of the molecule is CCCC(O)CCCOCCOCCOC. The molecule has 0 heterocycles. The van der Waals surface area contributed by atoms with E-state index >= 15 is 0 Å². The van der Waals surface area contributed by atoms with Crippen LogP contribution in [0.1, 0.15) is 32.6 Å². The van der Waals surface area contributed by atoms with Gasteiger partial charge in [-0.2, -0.15) is 0 Å². The van der Waals surface area contributed by atoms with Crippen molar-refractivity contribution >= 4 is 0 Å². The van der Waals surface area contributed by atoms with Gasteiger partial charge in [-0.25, -0.2) is 0 Å². The summed E-state index contributed by atoms with van der Waals surface area (Å²) in [5.74, 6) is 0. The van der Waals surface area contributed by atoms with Crippen molar-refractivity contribution in [3.8, 4) is 0 Å². The molecule has 0 aromatic carbocycles. The molecule has 0 bridgehead atoms. The Morgan fingerprint density at radius 1 is 0.938 bits per heavy atom. The summed E-state index contributed by atoms with van der Waals surface area (Å²) >= 11 is 0. The van der Waals surface area contributed by atoms with Crippen molar-refractivity contribution in [3.63, 3.8) is 0 Å². The van der Waals surface area contributed by atoms with Gasteiger partial charge in [0.05, 0.1) is 32.5 Å². The van der Waals surface area contributed by atoms with Crippen LogP contribution in [0.5, 0.6) is 0 Å². The summed E-state index contributed by atoms with van der Waals surface area (Å²) in [6.07, 6.45) is 3.51. The minimum atomic E-state index is -0.161. The van der Waals surface area contributed by atoms with E-state index in [1.165, 1.54) is 0 Å². The number of aliphatic hydroxyl groups excluding tert-OH is 1. The van der Waals surface area contributed by atoms with Crippen molar-refractivity contribution in [1.29, 1.82) is 0 Å². The van der Waals surface area contributed by atoms with Crippen LogP contribution in [0.4, 0.5) is 0 Å². The minimum absolute atomic E-state index is 0.161. The second-order valence-electron chi connectivity index (χ2n) is 3.80. The van der Waals surface area contributed by atoms with Gasteiger partial charge in [0.25, 0.3) is 0 Å². The molecule has 1 unspecified atom stereocenters. The van der Waals surface area contributed by atoms with Gasteiger partial charge in [0.2, 0.25) is 0 Å². The fraction of sp³-hybridized carbons (Fsp3) is 1.00. The fourth-order valence-corrected chi connectivity index (χ4v) is 1.36. The highest BCUT2D eigenvalue weighted by Gasteiger charge is 2.01. The first-order chi connectivity index (χ1) is 7.81. The molecule has 0 saturated carbocycles. The molecule has 4 nitrogen and oxygen atoms in total. The molecule has 1 atom stereocenters. The Morgan fingerprint density at radius 2 is 1.56 bits per heavy atom. The third-order valence-electron chi connectivity index (χ3n) is 2.25. The van der Waals surface area contributed by atoms with Crippen LogP contribution in [-0.4, -0.2) is 51.4 Å². The Hall–Kier alpha value is -0.160. The maximum Gasteiger partial charge on any atom is 0.0701 e. The number of hydrogen-bond donors (Lipinski definition) is 1. The van der Waals surface area contributed by atoms with Gasteiger partial charge in [-0.05, 0) is 19.3 Å². The number of methoxy groups -OCH3 is 1. The van der Waals surface area contributed by atoms with E-state index in [1.807, 2.05) is 0 Å². The average Bonchev–Trinajstić information content (AvgIpc) is 2.27. The van der Waals surface area contributed by atoms with E-state index in [-0.39, 0.29) is 6.10 Å². The number of ether oxygens (including phenoxy) is 3. The molecule has 0 spiro atoms. The van der Waals surface area contributed by atoms with Crippen molar-refractivity contribution in [1.82, 2.24) is 0 Å². The summed E-state index contributed by atoms with van der Waals surface area (Å²) in [7, 11) is 1.65. The molecule has 0 radical (unpaired) electrons. The standard InChI is InChI=1S/C12H26O4/c1-3-5-12(13)6-4-7-15-10-11-16-9-8-14-2/h12-13H,3-11H2,1-2H3.